The number of rotatable bonds is 6. The highest BCUT2D eigenvalue weighted by Crippen LogP contribution is 2.57. The van der Waals surface area contributed by atoms with Crippen molar-refractivity contribution in [1.82, 2.24) is 0 Å². The molecule has 0 atom stereocenters. The summed E-state index contributed by atoms with van der Waals surface area (Å²) in [5.74, 6) is 0. The summed E-state index contributed by atoms with van der Waals surface area (Å²) in [5, 5.41) is 6.74. The fourth-order valence-corrected chi connectivity index (χ4v) is 10.5. The van der Waals surface area contributed by atoms with Crippen molar-refractivity contribution in [3.63, 3.8) is 0 Å². The number of hydrogen-bond donors (Lipinski definition) is 0. The van der Waals surface area contributed by atoms with Crippen LogP contribution in [0.1, 0.15) is 22.3 Å². The topological polar surface area (TPSA) is 29.5 Å². The van der Waals surface area contributed by atoms with Crippen LogP contribution < -0.4 is 4.90 Å². The van der Waals surface area contributed by atoms with E-state index in [9.17, 15) is 0 Å². The predicted molar refractivity (Wildman–Crippen MR) is 256 cm³/mol. The maximum Gasteiger partial charge on any atom is 0.137 e. The molecule has 12 aromatic rings. The van der Waals surface area contributed by atoms with E-state index in [1.807, 2.05) is 18.2 Å². The van der Waals surface area contributed by atoms with Crippen molar-refractivity contribution in [3.05, 3.63) is 247 Å². The lowest BCUT2D eigenvalue weighted by Gasteiger charge is -2.35. The molecule has 10 aromatic carbocycles. The zero-order chi connectivity index (χ0) is 40.8. The van der Waals surface area contributed by atoms with E-state index in [1.54, 1.807) is 0 Å². The van der Waals surface area contributed by atoms with Gasteiger partial charge in [-0.2, -0.15) is 0 Å². The average Bonchev–Trinajstić information content (AvgIpc) is 4.00. The van der Waals surface area contributed by atoms with Gasteiger partial charge in [0.1, 0.15) is 22.3 Å². The lowest BCUT2D eigenvalue weighted by molar-refractivity contribution is 0.668. The molecule has 290 valence electrons. The molecule has 0 saturated carbocycles. The monoisotopic (exact) mass is 791 g/mol. The van der Waals surface area contributed by atoms with E-state index < -0.39 is 5.41 Å². The number of hydrogen-bond acceptors (Lipinski definition) is 3. The Bertz CT molecular complexity index is 3680. The van der Waals surface area contributed by atoms with Gasteiger partial charge in [0.05, 0.1) is 11.1 Å². The number of para-hydroxylation sites is 2. The number of fused-ring (bicyclic) bond motifs is 10. The molecule has 0 radical (unpaired) electrons. The predicted octanol–water partition coefficient (Wildman–Crippen LogP) is 16.1. The largest absolute Gasteiger partial charge is 0.456 e. The molecule has 0 bridgehead atoms. The van der Waals surface area contributed by atoms with Gasteiger partial charge in [-0.1, -0.05) is 164 Å². The minimum absolute atomic E-state index is 0.565. The highest BCUT2D eigenvalue weighted by Gasteiger charge is 2.46. The molecular weight excluding hydrogens is 755 g/mol. The Kier molecular flexibility index (Phi) is 7.52. The van der Waals surface area contributed by atoms with Crippen LogP contribution in [0.15, 0.2) is 233 Å². The SMILES string of the molecule is c1ccc(C2(c3cccc(N(c4ccc5c(c4)oc4ccccc45)c4ccc5oc6ccccc6c5c4-c4ccc5ccccc5c4)c3)c3ccccc3-c3ccccc32)cc1. The van der Waals surface area contributed by atoms with Crippen molar-refractivity contribution < 1.29 is 8.83 Å². The van der Waals surface area contributed by atoms with Crippen LogP contribution in [0.2, 0.25) is 0 Å². The highest BCUT2D eigenvalue weighted by molar-refractivity contribution is 6.17. The molecule has 0 saturated heterocycles. The molecule has 2 aromatic heterocycles. The first-order valence-corrected chi connectivity index (χ1v) is 21.2. The standard InChI is InChI=1S/C59H37NO2/c1-2-17-41(18-3-1)59(50-25-10-6-21-45(50)46-22-7-11-26-51(46)59)42-19-14-20-43(36-42)60(44-31-32-48-47-23-8-12-27-53(47)62-56(48)37-44)52-33-34-55-58(49-24-9-13-28-54(49)61-55)57(52)40-30-29-38-15-4-5-16-39(38)35-40/h1-37H. The minimum atomic E-state index is -0.565. The van der Waals surface area contributed by atoms with E-state index >= 15 is 0 Å². The van der Waals surface area contributed by atoms with E-state index in [2.05, 4.69) is 211 Å². The summed E-state index contributed by atoms with van der Waals surface area (Å²) in [4.78, 5) is 2.42. The molecule has 13 rings (SSSR count). The van der Waals surface area contributed by atoms with Crippen molar-refractivity contribution in [2.75, 3.05) is 4.90 Å². The molecular formula is C59H37NO2. The summed E-state index contributed by atoms with van der Waals surface area (Å²) in [6.07, 6.45) is 0. The van der Waals surface area contributed by atoms with Crippen LogP contribution in [-0.4, -0.2) is 0 Å². The highest BCUT2D eigenvalue weighted by atomic mass is 16.3. The van der Waals surface area contributed by atoms with Crippen LogP contribution in [0.5, 0.6) is 0 Å². The molecule has 0 aliphatic heterocycles. The van der Waals surface area contributed by atoms with Gasteiger partial charge in [-0.15, -0.1) is 0 Å². The van der Waals surface area contributed by atoms with E-state index in [-0.39, 0.29) is 0 Å². The lowest BCUT2D eigenvalue weighted by atomic mass is 9.67. The number of anilines is 3. The lowest BCUT2D eigenvalue weighted by Crippen LogP contribution is -2.28. The zero-order valence-corrected chi connectivity index (χ0v) is 33.6. The van der Waals surface area contributed by atoms with Crippen molar-refractivity contribution >= 4 is 71.7 Å². The molecule has 3 nitrogen and oxygen atoms in total. The summed E-state index contributed by atoms with van der Waals surface area (Å²) in [6, 6.07) is 81.2. The quantitative estimate of drug-likeness (QED) is 0.168. The first-order chi connectivity index (χ1) is 30.7. The summed E-state index contributed by atoms with van der Waals surface area (Å²) in [5.41, 5.74) is 15.6. The van der Waals surface area contributed by atoms with Gasteiger partial charge >= 0.3 is 0 Å². The Balaban J connectivity index is 1.13. The molecule has 2 heterocycles. The maximum absolute atomic E-state index is 6.62. The van der Waals surface area contributed by atoms with Crippen LogP contribution >= 0.6 is 0 Å². The second-order valence-electron chi connectivity index (χ2n) is 16.4. The second-order valence-corrected chi connectivity index (χ2v) is 16.4. The molecule has 0 N–H and O–H groups in total. The number of nitrogens with zero attached hydrogens (tertiary/aromatic N) is 1. The van der Waals surface area contributed by atoms with Crippen molar-refractivity contribution in [2.45, 2.75) is 5.41 Å². The molecule has 1 aliphatic carbocycles. The third-order valence-corrected chi connectivity index (χ3v) is 13.1. The average molecular weight is 792 g/mol. The van der Waals surface area contributed by atoms with Crippen molar-refractivity contribution in [1.29, 1.82) is 0 Å². The summed E-state index contributed by atoms with van der Waals surface area (Å²) < 4.78 is 13.2. The zero-order valence-electron chi connectivity index (χ0n) is 33.6. The summed E-state index contributed by atoms with van der Waals surface area (Å²) >= 11 is 0. The van der Waals surface area contributed by atoms with Gasteiger partial charge < -0.3 is 13.7 Å². The minimum Gasteiger partial charge on any atom is -0.456 e. The van der Waals surface area contributed by atoms with Crippen molar-refractivity contribution in [2.24, 2.45) is 0 Å². The van der Waals surface area contributed by atoms with Gasteiger partial charge in [-0.25, -0.2) is 0 Å². The molecule has 0 spiro atoms. The molecule has 0 unspecified atom stereocenters. The fourth-order valence-electron chi connectivity index (χ4n) is 10.5. The molecule has 1 aliphatic rings. The maximum atomic E-state index is 6.62. The van der Waals surface area contributed by atoms with Crippen molar-refractivity contribution in [3.8, 4) is 22.3 Å². The first kappa shape index (κ1) is 34.7. The van der Waals surface area contributed by atoms with Crippen LogP contribution in [0.4, 0.5) is 17.1 Å². The van der Waals surface area contributed by atoms with E-state index in [0.717, 1.165) is 72.1 Å². The van der Waals surface area contributed by atoms with Gasteiger partial charge in [-0.3, -0.25) is 0 Å². The Labute approximate surface area is 358 Å². The van der Waals surface area contributed by atoms with Gasteiger partial charge in [-0.05, 0) is 104 Å². The molecule has 0 fully saturated rings. The van der Waals surface area contributed by atoms with Crippen LogP contribution in [0.25, 0.3) is 76.9 Å². The van der Waals surface area contributed by atoms with E-state index in [1.165, 1.54) is 44.2 Å². The number of benzene rings is 10. The Morgan fingerprint density at radius 3 is 1.77 bits per heavy atom. The van der Waals surface area contributed by atoms with Gasteiger partial charge in [0.25, 0.3) is 0 Å². The van der Waals surface area contributed by atoms with Crippen LogP contribution in [0.3, 0.4) is 0 Å². The van der Waals surface area contributed by atoms with Gasteiger partial charge in [0.2, 0.25) is 0 Å². The second kappa shape index (κ2) is 13.4. The normalized spacial score (nSPS) is 13.0. The first-order valence-electron chi connectivity index (χ1n) is 21.2. The Morgan fingerprint density at radius 2 is 0.968 bits per heavy atom. The Hall–Kier alpha value is -8.14. The summed E-state index contributed by atoms with van der Waals surface area (Å²) in [7, 11) is 0. The fraction of sp³-hybridized carbons (Fsp3) is 0.0169. The number of furan rings is 2. The van der Waals surface area contributed by atoms with E-state index in [0.29, 0.717) is 0 Å². The summed E-state index contributed by atoms with van der Waals surface area (Å²) in [6.45, 7) is 0. The Morgan fingerprint density at radius 1 is 0.355 bits per heavy atom. The third-order valence-electron chi connectivity index (χ3n) is 13.1. The van der Waals surface area contributed by atoms with Gasteiger partial charge in [0.15, 0.2) is 0 Å². The van der Waals surface area contributed by atoms with Gasteiger partial charge in [0, 0.05) is 44.5 Å². The van der Waals surface area contributed by atoms with E-state index in [4.69, 9.17) is 8.83 Å². The molecule has 3 heteroatoms. The van der Waals surface area contributed by atoms with Crippen LogP contribution in [-0.2, 0) is 5.41 Å². The van der Waals surface area contributed by atoms with Crippen LogP contribution in [0, 0.1) is 0 Å². The molecule has 0 amide bonds. The smallest absolute Gasteiger partial charge is 0.137 e. The molecule has 62 heavy (non-hydrogen) atoms. The third kappa shape index (κ3) is 5.00.